The fraction of sp³-hybridized carbons (Fsp3) is 0.200. The van der Waals surface area contributed by atoms with E-state index in [9.17, 15) is 4.79 Å². The van der Waals surface area contributed by atoms with Crippen LogP contribution in [0.3, 0.4) is 0 Å². The second kappa shape index (κ2) is 8.03. The van der Waals surface area contributed by atoms with Crippen molar-refractivity contribution in [2.24, 2.45) is 0 Å². The van der Waals surface area contributed by atoms with E-state index in [4.69, 9.17) is 23.2 Å². The third-order valence-corrected chi connectivity index (χ3v) is 4.56. The molecule has 140 valence electrons. The van der Waals surface area contributed by atoms with Gasteiger partial charge in [-0.15, -0.1) is 0 Å². The van der Waals surface area contributed by atoms with Gasteiger partial charge in [0, 0.05) is 21.1 Å². The van der Waals surface area contributed by atoms with E-state index in [1.54, 1.807) is 18.2 Å². The van der Waals surface area contributed by atoms with Crippen molar-refractivity contribution in [3.63, 3.8) is 0 Å². The van der Waals surface area contributed by atoms with Gasteiger partial charge in [0.05, 0.1) is 5.52 Å². The molecular formula is C20H20Cl2N4O. The summed E-state index contributed by atoms with van der Waals surface area (Å²) < 4.78 is 0. The number of nitrogens with zero attached hydrogens (tertiary/aromatic N) is 1. The molecule has 2 aromatic carbocycles. The van der Waals surface area contributed by atoms with Crippen LogP contribution in [0.2, 0.25) is 10.0 Å². The molecule has 0 radical (unpaired) electrons. The molecule has 0 unspecified atom stereocenters. The lowest BCUT2D eigenvalue weighted by Crippen LogP contribution is -2.34. The first-order valence-electron chi connectivity index (χ1n) is 8.53. The van der Waals surface area contributed by atoms with Crippen LogP contribution in [0.5, 0.6) is 0 Å². The average molecular weight is 403 g/mol. The number of para-hydroxylation sites is 1. The van der Waals surface area contributed by atoms with Crippen molar-refractivity contribution in [3.05, 3.63) is 63.6 Å². The van der Waals surface area contributed by atoms with Gasteiger partial charge in [-0.3, -0.25) is 10.9 Å². The second-order valence-corrected chi connectivity index (χ2v) is 7.46. The van der Waals surface area contributed by atoms with E-state index >= 15 is 0 Å². The lowest BCUT2D eigenvalue weighted by molar-refractivity contribution is 0.254. The Morgan fingerprint density at radius 3 is 2.44 bits per heavy atom. The molecule has 7 heteroatoms. The van der Waals surface area contributed by atoms with Crippen LogP contribution < -0.4 is 16.2 Å². The zero-order valence-electron chi connectivity index (χ0n) is 15.2. The molecular weight excluding hydrogens is 383 g/mol. The van der Waals surface area contributed by atoms with E-state index < -0.39 is 6.03 Å². The summed E-state index contributed by atoms with van der Waals surface area (Å²) in [5.74, 6) is 0.889. The molecule has 5 nitrogen and oxygen atoms in total. The van der Waals surface area contributed by atoms with E-state index in [0.29, 0.717) is 27.5 Å². The van der Waals surface area contributed by atoms with Crippen molar-refractivity contribution in [2.45, 2.75) is 26.7 Å². The predicted molar refractivity (Wildman–Crippen MR) is 113 cm³/mol. The van der Waals surface area contributed by atoms with E-state index in [0.717, 1.165) is 22.0 Å². The zero-order valence-corrected chi connectivity index (χ0v) is 16.7. The Labute approximate surface area is 168 Å². The number of pyridine rings is 1. The first-order chi connectivity index (χ1) is 12.8. The number of anilines is 2. The summed E-state index contributed by atoms with van der Waals surface area (Å²) in [6, 6.07) is 12.4. The molecule has 3 aromatic rings. The van der Waals surface area contributed by atoms with Gasteiger partial charge in [-0.2, -0.15) is 0 Å². The molecule has 0 aliphatic rings. The average Bonchev–Trinajstić information content (AvgIpc) is 2.59. The highest BCUT2D eigenvalue weighted by atomic mass is 35.5. The Hall–Kier alpha value is -2.50. The normalized spacial score (nSPS) is 10.9. The quantitative estimate of drug-likeness (QED) is 0.460. The summed E-state index contributed by atoms with van der Waals surface area (Å²) in [7, 11) is 0. The third-order valence-electron chi connectivity index (χ3n) is 4.12. The lowest BCUT2D eigenvalue weighted by atomic mass is 9.97. The van der Waals surface area contributed by atoms with E-state index in [-0.39, 0.29) is 0 Å². The van der Waals surface area contributed by atoms with Crippen molar-refractivity contribution in [2.75, 3.05) is 10.7 Å². The fourth-order valence-electron chi connectivity index (χ4n) is 2.87. The number of aromatic nitrogens is 1. The van der Waals surface area contributed by atoms with Crippen molar-refractivity contribution >= 4 is 51.6 Å². The number of fused-ring (bicyclic) bond motifs is 1. The third kappa shape index (κ3) is 4.62. The van der Waals surface area contributed by atoms with Gasteiger partial charge in [-0.05, 0) is 48.2 Å². The highest BCUT2D eigenvalue weighted by molar-refractivity contribution is 6.35. The molecule has 0 saturated carbocycles. The van der Waals surface area contributed by atoms with Crippen LogP contribution in [-0.2, 0) is 0 Å². The number of carbonyl (C=O) groups is 1. The molecule has 0 saturated heterocycles. The Kier molecular flexibility index (Phi) is 5.73. The van der Waals surface area contributed by atoms with Crippen LogP contribution in [0.4, 0.5) is 16.3 Å². The van der Waals surface area contributed by atoms with Gasteiger partial charge < -0.3 is 5.32 Å². The second-order valence-electron chi connectivity index (χ2n) is 6.58. The van der Waals surface area contributed by atoms with Gasteiger partial charge in [0.1, 0.15) is 5.82 Å². The van der Waals surface area contributed by atoms with Gasteiger partial charge in [0.15, 0.2) is 0 Å². The standard InChI is InChI=1S/C20H20Cl2N4O/c1-11(2)17-10-18(24-19-12(3)5-4-6-16(17)19)25-26-20(27)23-15-8-13(21)7-14(22)9-15/h4-11H,1-3H3,(H,24,25)(H2,23,26,27). The molecule has 1 aromatic heterocycles. The van der Waals surface area contributed by atoms with Crippen molar-refractivity contribution in [1.29, 1.82) is 0 Å². The largest absolute Gasteiger partial charge is 0.337 e. The smallest absolute Gasteiger partial charge is 0.306 e. The molecule has 3 N–H and O–H groups in total. The molecule has 3 rings (SSSR count). The summed E-state index contributed by atoms with van der Waals surface area (Å²) in [5.41, 5.74) is 9.11. The van der Waals surface area contributed by atoms with Crippen LogP contribution in [0.15, 0.2) is 42.5 Å². The summed E-state index contributed by atoms with van der Waals surface area (Å²) in [6.07, 6.45) is 0. The number of halogens is 2. The Bertz CT molecular complexity index is 984. The SMILES string of the molecule is Cc1cccc2c(C(C)C)cc(NNC(=O)Nc3cc(Cl)cc(Cl)c3)nc12. The molecule has 0 spiro atoms. The molecule has 0 atom stereocenters. The number of hydrogen-bond donors (Lipinski definition) is 3. The molecule has 0 aliphatic heterocycles. The van der Waals surface area contributed by atoms with Crippen molar-refractivity contribution in [1.82, 2.24) is 10.4 Å². The Morgan fingerprint density at radius 1 is 1.07 bits per heavy atom. The molecule has 0 aliphatic carbocycles. The Balaban J connectivity index is 1.78. The minimum absolute atomic E-state index is 0.320. The number of hydrogen-bond acceptors (Lipinski definition) is 3. The maximum atomic E-state index is 12.2. The van der Waals surface area contributed by atoms with Gasteiger partial charge in [0.25, 0.3) is 0 Å². The lowest BCUT2D eigenvalue weighted by Gasteiger charge is -2.15. The number of hydrazine groups is 1. The molecule has 2 amide bonds. The summed E-state index contributed by atoms with van der Waals surface area (Å²) in [6.45, 7) is 6.28. The zero-order chi connectivity index (χ0) is 19.6. The molecule has 1 heterocycles. The van der Waals surface area contributed by atoms with Gasteiger partial charge in [-0.1, -0.05) is 55.2 Å². The minimum atomic E-state index is -0.453. The van der Waals surface area contributed by atoms with E-state index in [2.05, 4.69) is 41.1 Å². The van der Waals surface area contributed by atoms with Gasteiger partial charge in [0.2, 0.25) is 0 Å². The number of urea groups is 1. The highest BCUT2D eigenvalue weighted by Crippen LogP contribution is 2.28. The van der Waals surface area contributed by atoms with E-state index in [1.807, 2.05) is 25.1 Å². The topological polar surface area (TPSA) is 66.0 Å². The molecule has 0 bridgehead atoms. The predicted octanol–water partition coefficient (Wildman–Crippen LogP) is 6.12. The van der Waals surface area contributed by atoms with Crippen LogP contribution in [0.1, 0.15) is 30.9 Å². The first-order valence-corrected chi connectivity index (χ1v) is 9.28. The van der Waals surface area contributed by atoms with Crippen LogP contribution in [0, 0.1) is 6.92 Å². The van der Waals surface area contributed by atoms with Crippen LogP contribution >= 0.6 is 23.2 Å². The number of benzene rings is 2. The number of aryl methyl sites for hydroxylation is 1. The minimum Gasteiger partial charge on any atom is -0.306 e. The number of amides is 2. The summed E-state index contributed by atoms with van der Waals surface area (Å²) in [4.78, 5) is 16.8. The first kappa shape index (κ1) is 19.3. The van der Waals surface area contributed by atoms with Crippen LogP contribution in [-0.4, -0.2) is 11.0 Å². The van der Waals surface area contributed by atoms with Crippen molar-refractivity contribution in [3.8, 4) is 0 Å². The maximum absolute atomic E-state index is 12.2. The number of rotatable bonds is 4. The maximum Gasteiger partial charge on any atom is 0.337 e. The fourth-order valence-corrected chi connectivity index (χ4v) is 3.39. The number of nitrogens with one attached hydrogen (secondary N) is 3. The summed E-state index contributed by atoms with van der Waals surface area (Å²) in [5, 5.41) is 4.68. The Morgan fingerprint density at radius 2 is 1.78 bits per heavy atom. The molecule has 0 fully saturated rings. The van der Waals surface area contributed by atoms with Gasteiger partial charge in [-0.25, -0.2) is 9.78 Å². The summed E-state index contributed by atoms with van der Waals surface area (Å²) >= 11 is 11.9. The van der Waals surface area contributed by atoms with Crippen molar-refractivity contribution < 1.29 is 4.79 Å². The highest BCUT2D eigenvalue weighted by Gasteiger charge is 2.11. The monoisotopic (exact) mass is 402 g/mol. The molecule has 27 heavy (non-hydrogen) atoms. The van der Waals surface area contributed by atoms with Crippen LogP contribution in [0.25, 0.3) is 10.9 Å². The van der Waals surface area contributed by atoms with E-state index in [1.165, 1.54) is 0 Å². The number of carbonyl (C=O) groups excluding carboxylic acids is 1. The van der Waals surface area contributed by atoms with Gasteiger partial charge >= 0.3 is 6.03 Å².